The summed E-state index contributed by atoms with van der Waals surface area (Å²) in [7, 11) is 0. The molecule has 2 N–H and O–H groups in total. The van der Waals surface area contributed by atoms with Gasteiger partial charge in [-0.1, -0.05) is 61.0 Å². The van der Waals surface area contributed by atoms with Gasteiger partial charge in [0, 0.05) is 98.3 Å². The number of nitriles is 1. The minimum atomic E-state index is -0.345. The molecule has 2 unspecified atom stereocenters. The highest BCUT2D eigenvalue weighted by molar-refractivity contribution is 6.01. The number of pyridine rings is 4. The third-order valence-electron chi connectivity index (χ3n) is 12.5. The first-order valence-electron chi connectivity index (χ1n) is 22.9. The number of carbonyl (C=O) groups is 1. The number of hydrogen-bond donors (Lipinski definition) is 2. The molecule has 5 heterocycles. The molecule has 1 aliphatic carbocycles. The van der Waals surface area contributed by atoms with Crippen molar-refractivity contribution in [3.63, 3.8) is 0 Å². The molecule has 0 saturated heterocycles. The Hall–Kier alpha value is -7.58. The van der Waals surface area contributed by atoms with E-state index in [0.717, 1.165) is 78.7 Å². The molecule has 0 bridgehead atoms. The van der Waals surface area contributed by atoms with Gasteiger partial charge in [-0.05, 0) is 118 Å². The molecule has 1 aliphatic heterocycles. The summed E-state index contributed by atoms with van der Waals surface area (Å²) in [6.45, 7) is 3.40. The zero-order valence-corrected chi connectivity index (χ0v) is 37.0. The third-order valence-corrected chi connectivity index (χ3v) is 12.5. The van der Waals surface area contributed by atoms with Gasteiger partial charge in [0.25, 0.3) is 5.91 Å². The summed E-state index contributed by atoms with van der Waals surface area (Å²) in [6, 6.07) is 42.6. The van der Waals surface area contributed by atoms with Crippen molar-refractivity contribution < 1.29 is 18.8 Å². The van der Waals surface area contributed by atoms with Crippen molar-refractivity contribution >= 4 is 35.5 Å². The van der Waals surface area contributed by atoms with Crippen LogP contribution in [0.25, 0.3) is 40.5 Å². The van der Waals surface area contributed by atoms with Crippen LogP contribution in [-0.4, -0.2) is 35.0 Å². The van der Waals surface area contributed by atoms with Gasteiger partial charge < -0.3 is 10.2 Å². The van der Waals surface area contributed by atoms with Crippen molar-refractivity contribution in [2.75, 3.05) is 18.0 Å². The fraction of sp³-hybridized carbons (Fsp3) is 0.214. The number of nitrogens with one attached hydrogen (secondary N) is 2. The van der Waals surface area contributed by atoms with E-state index < -0.39 is 0 Å². The van der Waals surface area contributed by atoms with Crippen LogP contribution < -0.4 is 24.8 Å². The molecule has 10 heteroatoms. The lowest BCUT2D eigenvalue weighted by atomic mass is 9.95. The van der Waals surface area contributed by atoms with Gasteiger partial charge in [0.05, 0.1) is 6.61 Å². The lowest BCUT2D eigenvalue weighted by molar-refractivity contribution is -0.697. The van der Waals surface area contributed by atoms with Crippen LogP contribution >= 0.6 is 0 Å². The summed E-state index contributed by atoms with van der Waals surface area (Å²) < 4.78 is 4.28. The van der Waals surface area contributed by atoms with Crippen LogP contribution in [0.2, 0.25) is 0 Å². The molecule has 7 aromatic rings. The molecular formula is C56H54N8O2+2. The molecular weight excluding hydrogens is 817 g/mol. The summed E-state index contributed by atoms with van der Waals surface area (Å²) in [4.78, 5) is 29.5. The van der Waals surface area contributed by atoms with E-state index in [9.17, 15) is 10.1 Å². The summed E-state index contributed by atoms with van der Waals surface area (Å²) >= 11 is 0. The molecule has 66 heavy (non-hydrogen) atoms. The predicted octanol–water partition coefficient (Wildman–Crippen LogP) is 9.57. The van der Waals surface area contributed by atoms with Crippen LogP contribution in [0.15, 0.2) is 170 Å². The van der Waals surface area contributed by atoms with Crippen molar-refractivity contribution in [2.24, 2.45) is 0 Å². The fourth-order valence-electron chi connectivity index (χ4n) is 9.06. The number of rotatable bonds is 18. The van der Waals surface area contributed by atoms with Crippen LogP contribution in [0.1, 0.15) is 65.8 Å². The van der Waals surface area contributed by atoms with E-state index in [1.807, 2.05) is 55.1 Å². The van der Waals surface area contributed by atoms with Gasteiger partial charge in [0.2, 0.25) is 0 Å². The molecule has 10 nitrogen and oxygen atoms in total. The Bertz CT molecular complexity index is 2810. The Balaban J connectivity index is 0.734. The average Bonchev–Trinajstić information content (AvgIpc) is 3.98. The van der Waals surface area contributed by atoms with Crippen LogP contribution in [-0.2, 0) is 29.3 Å². The number of nitrogens with zero attached hydrogens (tertiary/aromatic N) is 6. The summed E-state index contributed by atoms with van der Waals surface area (Å²) in [6.07, 6.45) is 26.7. The maximum atomic E-state index is 13.1. The van der Waals surface area contributed by atoms with Crippen LogP contribution in [0, 0.1) is 11.3 Å². The van der Waals surface area contributed by atoms with Crippen molar-refractivity contribution in [3.05, 3.63) is 198 Å². The number of anilines is 2. The number of fused-ring (bicyclic) bond motifs is 3. The molecule has 328 valence electrons. The molecule has 0 spiro atoms. The van der Waals surface area contributed by atoms with Gasteiger partial charge in [-0.2, -0.15) is 5.26 Å². The normalized spacial score (nSPS) is 15.4. The standard InChI is InChI=1S/C56H53N8O2/c57-40-50(56(65)60-26-2-32-62-34-22-48(23-35-62)46-18-28-58-29-19-46)38-45-14-17-55-53(39-45)52-4-1-5-54(52)64(55)51-15-12-43(13-16-51)7-6-42-8-10-44(11-9-42)41-66-61-27-3-33-63-36-24-49(25-37-63)47-20-30-59-31-21-47/h6-25,28-31,34-39,52,54,61H,1-5,26-27,32-33,41H2/q+1/p+1/b7-6+,50-38?. The molecule has 9 rings (SSSR count). The predicted molar refractivity (Wildman–Crippen MR) is 259 cm³/mol. The maximum Gasteiger partial charge on any atom is 0.261 e. The van der Waals surface area contributed by atoms with Crippen LogP contribution in [0.4, 0.5) is 11.4 Å². The Kier molecular flexibility index (Phi) is 14.2. The molecule has 1 fully saturated rings. The Morgan fingerprint density at radius 3 is 1.86 bits per heavy atom. The molecule has 4 aromatic heterocycles. The lowest BCUT2D eigenvalue weighted by Crippen LogP contribution is -2.35. The van der Waals surface area contributed by atoms with E-state index in [4.69, 9.17) is 4.84 Å². The largest absolute Gasteiger partial charge is 0.351 e. The van der Waals surface area contributed by atoms with Crippen molar-refractivity contribution in [3.8, 4) is 28.3 Å². The summed E-state index contributed by atoms with van der Waals surface area (Å²) in [5.41, 5.74) is 15.8. The topological polar surface area (TPSA) is 111 Å². The molecule has 0 radical (unpaired) electrons. The highest BCUT2D eigenvalue weighted by atomic mass is 16.6. The van der Waals surface area contributed by atoms with Crippen molar-refractivity contribution in [1.82, 2.24) is 20.8 Å². The maximum absolute atomic E-state index is 13.1. The van der Waals surface area contributed by atoms with E-state index in [0.29, 0.717) is 25.1 Å². The Morgan fingerprint density at radius 1 is 0.697 bits per heavy atom. The molecule has 1 saturated carbocycles. The number of aromatic nitrogens is 4. The second-order valence-electron chi connectivity index (χ2n) is 16.9. The van der Waals surface area contributed by atoms with E-state index in [-0.39, 0.29) is 11.5 Å². The SMILES string of the molecule is N#CC(=Cc1ccc2c(c1)C1CCCC1N2c1ccc(/C=C/c2ccc(CONCCC[n+]3ccc(-c4ccncc4)cc3)cc2)cc1)C(=O)NCCC[n+]1ccc(-c2ccncc2)cc1. The minimum absolute atomic E-state index is 0.116. The van der Waals surface area contributed by atoms with Crippen molar-refractivity contribution in [2.45, 2.75) is 63.8 Å². The second-order valence-corrected chi connectivity index (χ2v) is 16.9. The number of benzene rings is 3. The highest BCUT2D eigenvalue weighted by Gasteiger charge is 2.42. The monoisotopic (exact) mass is 870 g/mol. The number of hydroxylamine groups is 1. The first-order valence-corrected chi connectivity index (χ1v) is 22.9. The first-order chi connectivity index (χ1) is 32.6. The van der Waals surface area contributed by atoms with Gasteiger partial charge in [-0.25, -0.2) is 14.6 Å². The van der Waals surface area contributed by atoms with Gasteiger partial charge in [0.1, 0.15) is 24.7 Å². The van der Waals surface area contributed by atoms with E-state index in [1.165, 1.54) is 34.5 Å². The quantitative estimate of drug-likeness (QED) is 0.0221. The summed E-state index contributed by atoms with van der Waals surface area (Å²) in [5, 5.41) is 12.9. The summed E-state index contributed by atoms with van der Waals surface area (Å²) in [5.74, 6) is 0.0717. The Morgan fingerprint density at radius 2 is 1.26 bits per heavy atom. The average molecular weight is 871 g/mol. The second kappa shape index (κ2) is 21.4. The smallest absolute Gasteiger partial charge is 0.261 e. The van der Waals surface area contributed by atoms with Crippen LogP contribution in [0.5, 0.6) is 0 Å². The highest BCUT2D eigenvalue weighted by Crippen LogP contribution is 2.52. The molecule has 3 aromatic carbocycles. The minimum Gasteiger partial charge on any atom is -0.351 e. The van der Waals surface area contributed by atoms with E-state index in [2.05, 4.69) is 150 Å². The molecule has 2 aliphatic rings. The fourth-order valence-corrected chi connectivity index (χ4v) is 9.06. The molecule has 1 amide bonds. The molecule has 2 atom stereocenters. The van der Waals surface area contributed by atoms with Gasteiger partial charge in [0.15, 0.2) is 24.8 Å². The van der Waals surface area contributed by atoms with Gasteiger partial charge in [-0.3, -0.25) is 19.6 Å². The number of carbonyl (C=O) groups excluding carboxylic acids is 1. The first kappa shape index (κ1) is 43.7. The van der Waals surface area contributed by atoms with Gasteiger partial charge in [-0.15, -0.1) is 0 Å². The Labute approximate surface area is 387 Å². The van der Waals surface area contributed by atoms with Gasteiger partial charge >= 0.3 is 0 Å². The number of amides is 1. The zero-order chi connectivity index (χ0) is 44.9. The van der Waals surface area contributed by atoms with E-state index in [1.54, 1.807) is 18.5 Å². The third kappa shape index (κ3) is 10.8. The van der Waals surface area contributed by atoms with Crippen molar-refractivity contribution in [1.29, 1.82) is 5.26 Å². The number of aryl methyl sites for hydroxylation is 2. The lowest BCUT2D eigenvalue weighted by Gasteiger charge is -2.27. The van der Waals surface area contributed by atoms with E-state index >= 15 is 0 Å². The number of hydrogen-bond acceptors (Lipinski definition) is 7. The zero-order valence-electron chi connectivity index (χ0n) is 37.0. The van der Waals surface area contributed by atoms with Crippen LogP contribution in [0.3, 0.4) is 0 Å².